The van der Waals surface area contributed by atoms with Crippen molar-refractivity contribution in [2.45, 2.75) is 0 Å². The van der Waals surface area contributed by atoms with Crippen LogP contribution in [0, 0.1) is 23.3 Å². The van der Waals surface area contributed by atoms with E-state index in [0.717, 1.165) is 0 Å². The van der Waals surface area contributed by atoms with E-state index in [1.54, 1.807) is 5.32 Å². The molecule has 1 aromatic carbocycles. The lowest BCUT2D eigenvalue weighted by atomic mass is 10.1. The summed E-state index contributed by atoms with van der Waals surface area (Å²) in [5.74, 6) is -11.3. The maximum atomic E-state index is 13.5. The van der Waals surface area contributed by atoms with Gasteiger partial charge in [-0.15, -0.1) is 0 Å². The molecule has 0 saturated heterocycles. The zero-order chi connectivity index (χ0) is 17.1. The molecule has 1 rings (SSSR count). The van der Waals surface area contributed by atoms with Gasteiger partial charge in [-0.3, -0.25) is 4.79 Å². The minimum Gasteiger partial charge on any atom is -0.748 e. The van der Waals surface area contributed by atoms with Gasteiger partial charge in [0, 0.05) is 11.5 Å². The summed E-state index contributed by atoms with van der Waals surface area (Å²) in [6, 6.07) is 0. The first-order chi connectivity index (χ1) is 10.1. The molecule has 1 aromatic rings. The molecule has 120 valence electrons. The molecule has 0 atom stereocenters. The van der Waals surface area contributed by atoms with E-state index in [1.165, 1.54) is 0 Å². The number of benzene rings is 1. The maximum Gasteiger partial charge on any atom is 0.257 e. The Morgan fingerprint density at radius 2 is 1.68 bits per heavy atom. The number of azide groups is 1. The molecule has 0 radical (unpaired) electrons. The van der Waals surface area contributed by atoms with E-state index in [4.69, 9.17) is 5.53 Å². The van der Waals surface area contributed by atoms with Crippen LogP contribution in [0.15, 0.2) is 5.11 Å². The highest BCUT2D eigenvalue weighted by atomic mass is 32.2. The van der Waals surface area contributed by atoms with Gasteiger partial charge >= 0.3 is 0 Å². The Balaban J connectivity index is 3.20. The summed E-state index contributed by atoms with van der Waals surface area (Å²) in [5.41, 5.74) is 4.75. The third-order valence-corrected chi connectivity index (χ3v) is 2.95. The van der Waals surface area contributed by atoms with Crippen LogP contribution in [0.4, 0.5) is 23.2 Å². The van der Waals surface area contributed by atoms with Gasteiger partial charge in [-0.2, -0.15) is 0 Å². The van der Waals surface area contributed by atoms with Crippen LogP contribution >= 0.6 is 0 Å². The molecule has 0 aliphatic rings. The SMILES string of the molecule is [N-]=[N+]=Nc1c(F)c(F)c(C(=O)NCCS(=O)(=O)[O-])c(F)c1F. The highest BCUT2D eigenvalue weighted by molar-refractivity contribution is 7.85. The zero-order valence-corrected chi connectivity index (χ0v) is 11.1. The van der Waals surface area contributed by atoms with Crippen LogP contribution in [0.2, 0.25) is 0 Å². The average molecular weight is 341 g/mol. The predicted molar refractivity (Wildman–Crippen MR) is 62.0 cm³/mol. The number of nitrogens with zero attached hydrogens (tertiary/aromatic N) is 3. The molecule has 1 N–H and O–H groups in total. The highest BCUT2D eigenvalue weighted by Crippen LogP contribution is 2.30. The first-order valence-corrected chi connectivity index (χ1v) is 6.80. The number of hydrogen-bond donors (Lipinski definition) is 1. The fourth-order valence-corrected chi connectivity index (χ4v) is 1.68. The van der Waals surface area contributed by atoms with Crippen molar-refractivity contribution in [3.05, 3.63) is 39.3 Å². The monoisotopic (exact) mass is 341 g/mol. The first-order valence-electron chi connectivity index (χ1n) is 5.23. The summed E-state index contributed by atoms with van der Waals surface area (Å²) in [5, 5.41) is 4.03. The second-order valence-corrected chi connectivity index (χ2v) is 5.21. The smallest absolute Gasteiger partial charge is 0.257 e. The molecule has 0 unspecified atom stereocenters. The third-order valence-electron chi connectivity index (χ3n) is 2.25. The van der Waals surface area contributed by atoms with E-state index in [-0.39, 0.29) is 0 Å². The van der Waals surface area contributed by atoms with Crippen LogP contribution in [0.5, 0.6) is 0 Å². The number of carbonyl (C=O) groups is 1. The minimum atomic E-state index is -4.71. The predicted octanol–water partition coefficient (Wildman–Crippen LogP) is 1.46. The van der Waals surface area contributed by atoms with Crippen LogP contribution in [0.1, 0.15) is 10.4 Å². The van der Waals surface area contributed by atoms with Gasteiger partial charge in [-0.1, -0.05) is 5.11 Å². The normalized spacial score (nSPS) is 11.0. The molecule has 0 saturated carbocycles. The van der Waals surface area contributed by atoms with Crippen molar-refractivity contribution in [1.82, 2.24) is 5.32 Å². The van der Waals surface area contributed by atoms with Crippen LogP contribution in [-0.2, 0) is 10.1 Å². The van der Waals surface area contributed by atoms with Crippen LogP contribution in [-0.4, -0.2) is 31.2 Å². The Bertz CT molecular complexity index is 747. The summed E-state index contributed by atoms with van der Waals surface area (Å²) < 4.78 is 84.7. The molecule has 8 nitrogen and oxygen atoms in total. The molecule has 0 aliphatic heterocycles. The molecule has 13 heteroatoms. The number of amides is 1. The molecular formula is C9H5F4N4O4S-. The van der Waals surface area contributed by atoms with E-state index < -0.39 is 62.8 Å². The lowest BCUT2D eigenvalue weighted by Gasteiger charge is -2.11. The topological polar surface area (TPSA) is 135 Å². The molecule has 0 spiro atoms. The Kier molecular flexibility index (Phi) is 5.30. The Morgan fingerprint density at radius 3 is 2.09 bits per heavy atom. The van der Waals surface area contributed by atoms with E-state index in [9.17, 15) is 35.3 Å². The van der Waals surface area contributed by atoms with Gasteiger partial charge in [-0.05, 0) is 5.53 Å². The van der Waals surface area contributed by atoms with Crippen molar-refractivity contribution in [3.63, 3.8) is 0 Å². The Hall–Kier alpha value is -2.37. The minimum absolute atomic E-state index is 0.828. The van der Waals surface area contributed by atoms with Crippen molar-refractivity contribution in [2.75, 3.05) is 12.3 Å². The summed E-state index contributed by atoms with van der Waals surface area (Å²) in [6.07, 6.45) is 0. The quantitative estimate of drug-likeness (QED) is 0.216. The molecule has 0 fully saturated rings. The second-order valence-electron chi connectivity index (χ2n) is 3.69. The van der Waals surface area contributed by atoms with Crippen LogP contribution in [0.25, 0.3) is 10.4 Å². The summed E-state index contributed by atoms with van der Waals surface area (Å²) in [6.45, 7) is -0.828. The van der Waals surface area contributed by atoms with Crippen molar-refractivity contribution in [3.8, 4) is 0 Å². The number of hydrogen-bond acceptors (Lipinski definition) is 5. The summed E-state index contributed by atoms with van der Waals surface area (Å²) in [4.78, 5) is 13.4. The molecule has 22 heavy (non-hydrogen) atoms. The largest absolute Gasteiger partial charge is 0.748 e. The van der Waals surface area contributed by atoms with Crippen molar-refractivity contribution >= 4 is 21.7 Å². The van der Waals surface area contributed by atoms with Crippen LogP contribution < -0.4 is 5.32 Å². The van der Waals surface area contributed by atoms with Gasteiger partial charge < -0.3 is 9.87 Å². The van der Waals surface area contributed by atoms with Gasteiger partial charge in [0.05, 0.1) is 15.9 Å². The number of nitrogens with one attached hydrogen (secondary N) is 1. The fourth-order valence-electron chi connectivity index (χ4n) is 1.33. The number of rotatable bonds is 5. The molecule has 0 aromatic heterocycles. The number of carbonyl (C=O) groups excluding carboxylic acids is 1. The standard InChI is InChI=1S/C9H6F4N4O4S/c10-4-3(9(18)15-1-2-22(19,20)21)5(11)7(13)8(6(4)12)16-17-14/h1-2H2,(H,15,18)(H,19,20,21)/p-1. The fraction of sp³-hybridized carbons (Fsp3) is 0.222. The van der Waals surface area contributed by atoms with E-state index in [2.05, 4.69) is 5.11 Å². The molecule has 0 bridgehead atoms. The zero-order valence-electron chi connectivity index (χ0n) is 10.3. The van der Waals surface area contributed by atoms with Crippen molar-refractivity contribution < 1.29 is 35.3 Å². The van der Waals surface area contributed by atoms with E-state index in [0.29, 0.717) is 0 Å². The summed E-state index contributed by atoms with van der Waals surface area (Å²) in [7, 11) is -4.71. The molecule has 0 aliphatic carbocycles. The van der Waals surface area contributed by atoms with Gasteiger partial charge in [0.25, 0.3) is 5.91 Å². The van der Waals surface area contributed by atoms with E-state index in [1.807, 2.05) is 4.91 Å². The number of halogens is 4. The Labute approximate surface area is 120 Å². The Morgan fingerprint density at radius 1 is 1.18 bits per heavy atom. The lowest BCUT2D eigenvalue weighted by molar-refractivity contribution is 0.0945. The van der Waals surface area contributed by atoms with Crippen LogP contribution in [0.3, 0.4) is 0 Å². The molecule has 0 heterocycles. The third kappa shape index (κ3) is 3.84. The summed E-state index contributed by atoms with van der Waals surface area (Å²) >= 11 is 0. The lowest BCUT2D eigenvalue weighted by Crippen LogP contribution is -2.31. The van der Waals surface area contributed by atoms with Gasteiger partial charge in [0.1, 0.15) is 11.3 Å². The van der Waals surface area contributed by atoms with E-state index >= 15 is 0 Å². The maximum absolute atomic E-state index is 13.5. The van der Waals surface area contributed by atoms with Crippen molar-refractivity contribution in [2.24, 2.45) is 5.11 Å². The van der Waals surface area contributed by atoms with Gasteiger partial charge in [0.2, 0.25) is 0 Å². The average Bonchev–Trinajstić information content (AvgIpc) is 2.40. The molecular weight excluding hydrogens is 336 g/mol. The molecule has 1 amide bonds. The van der Waals surface area contributed by atoms with Gasteiger partial charge in [-0.25, -0.2) is 26.0 Å². The van der Waals surface area contributed by atoms with Gasteiger partial charge in [0.15, 0.2) is 23.3 Å². The highest BCUT2D eigenvalue weighted by Gasteiger charge is 2.28. The second kappa shape index (κ2) is 6.60. The first kappa shape index (κ1) is 17.7. The van der Waals surface area contributed by atoms with Crippen molar-refractivity contribution in [1.29, 1.82) is 0 Å².